The molecule has 0 radical (unpaired) electrons. The Kier molecular flexibility index (Phi) is 4.84. The summed E-state index contributed by atoms with van der Waals surface area (Å²) in [5, 5.41) is 4.55. The van der Waals surface area contributed by atoms with Crippen LogP contribution in [-0.2, 0) is 0 Å². The van der Waals surface area contributed by atoms with Gasteiger partial charge in [0.15, 0.2) is 11.5 Å². The number of pyridine rings is 1. The van der Waals surface area contributed by atoms with Gasteiger partial charge < -0.3 is 21.4 Å². The number of anilines is 1. The van der Waals surface area contributed by atoms with Crippen molar-refractivity contribution >= 4 is 23.1 Å². The standard InChI is InChI=1S/C25H27N9O/c1-13(2)20-21(15-9-16-4-5-17(10-15)33(16)25(27)35)32-24-18(12-31-34(24)22(20)26)14-3-6-19(30-11-14)23-28-7-8-29-23/h3,6-8,11-12,15-17H,1,4-5,9-10,26H2,2H3,(H2,27,35)(H,28,29). The largest absolute Gasteiger partial charge is 0.383 e. The van der Waals surface area contributed by atoms with Crippen molar-refractivity contribution in [3.63, 3.8) is 0 Å². The van der Waals surface area contributed by atoms with Gasteiger partial charge in [-0.1, -0.05) is 12.6 Å². The van der Waals surface area contributed by atoms with Crippen LogP contribution in [0.25, 0.3) is 33.9 Å². The van der Waals surface area contributed by atoms with Crippen LogP contribution in [0.2, 0.25) is 0 Å². The van der Waals surface area contributed by atoms with Crippen LogP contribution in [0.3, 0.4) is 0 Å². The number of imidazole rings is 1. The molecule has 2 atom stereocenters. The first kappa shape index (κ1) is 21.3. The van der Waals surface area contributed by atoms with Crippen LogP contribution >= 0.6 is 0 Å². The van der Waals surface area contributed by atoms with Crippen molar-refractivity contribution in [2.75, 3.05) is 5.73 Å². The number of fused-ring (bicyclic) bond motifs is 3. The number of hydrogen-bond acceptors (Lipinski definition) is 6. The van der Waals surface area contributed by atoms with E-state index in [0.29, 0.717) is 17.3 Å². The number of hydrogen-bond donors (Lipinski definition) is 3. The number of aromatic nitrogens is 6. The van der Waals surface area contributed by atoms with Crippen LogP contribution in [0.5, 0.6) is 0 Å². The minimum Gasteiger partial charge on any atom is -0.383 e. The zero-order chi connectivity index (χ0) is 24.3. The molecule has 4 aromatic heterocycles. The molecule has 6 heterocycles. The molecule has 0 saturated carbocycles. The minimum absolute atomic E-state index is 0.135. The monoisotopic (exact) mass is 469 g/mol. The van der Waals surface area contributed by atoms with Crippen LogP contribution in [0.1, 0.15) is 49.8 Å². The lowest BCUT2D eigenvalue weighted by molar-refractivity contribution is 0.145. The van der Waals surface area contributed by atoms with Crippen LogP contribution in [0, 0.1) is 0 Å². The molecule has 2 aliphatic heterocycles. The molecule has 2 saturated heterocycles. The van der Waals surface area contributed by atoms with E-state index in [4.69, 9.17) is 16.5 Å². The fourth-order valence-corrected chi connectivity index (χ4v) is 5.83. The van der Waals surface area contributed by atoms with Crippen molar-refractivity contribution in [1.29, 1.82) is 0 Å². The number of urea groups is 1. The third-order valence-electron chi connectivity index (χ3n) is 7.33. The van der Waals surface area contributed by atoms with E-state index >= 15 is 0 Å². The maximum absolute atomic E-state index is 12.0. The summed E-state index contributed by atoms with van der Waals surface area (Å²) in [5.74, 6) is 1.39. The first-order valence-electron chi connectivity index (χ1n) is 11.8. The van der Waals surface area contributed by atoms with Gasteiger partial charge in [0, 0.05) is 53.3 Å². The predicted octanol–water partition coefficient (Wildman–Crippen LogP) is 3.59. The highest BCUT2D eigenvalue weighted by Crippen LogP contribution is 2.45. The lowest BCUT2D eigenvalue weighted by atomic mass is 9.85. The molecular formula is C25H27N9O. The number of rotatable bonds is 4. The smallest absolute Gasteiger partial charge is 0.315 e. The molecule has 178 valence electrons. The number of primary amides is 1. The van der Waals surface area contributed by atoms with Crippen molar-refractivity contribution in [2.24, 2.45) is 5.73 Å². The normalized spacial score (nSPS) is 21.5. The zero-order valence-electron chi connectivity index (χ0n) is 19.5. The molecule has 10 heteroatoms. The summed E-state index contributed by atoms with van der Waals surface area (Å²) in [5.41, 5.74) is 18.1. The lowest BCUT2D eigenvalue weighted by Crippen LogP contribution is -2.48. The van der Waals surface area contributed by atoms with E-state index in [-0.39, 0.29) is 24.0 Å². The van der Waals surface area contributed by atoms with Gasteiger partial charge in [-0.2, -0.15) is 9.61 Å². The van der Waals surface area contributed by atoms with Crippen molar-refractivity contribution in [3.8, 4) is 22.6 Å². The Morgan fingerprint density at radius 1 is 1.17 bits per heavy atom. The average Bonchev–Trinajstić information content (AvgIpc) is 3.57. The molecule has 0 aromatic carbocycles. The highest BCUT2D eigenvalue weighted by Gasteiger charge is 2.44. The molecular weight excluding hydrogens is 442 g/mol. The number of allylic oxidation sites excluding steroid dienone is 1. The Bertz CT molecular complexity index is 1420. The van der Waals surface area contributed by atoms with Crippen molar-refractivity contribution < 1.29 is 4.79 Å². The molecule has 2 fully saturated rings. The van der Waals surface area contributed by atoms with E-state index in [1.165, 1.54) is 0 Å². The van der Waals surface area contributed by atoms with Gasteiger partial charge >= 0.3 is 6.03 Å². The third-order valence-corrected chi connectivity index (χ3v) is 7.33. The van der Waals surface area contributed by atoms with E-state index in [1.807, 2.05) is 24.0 Å². The molecule has 2 amide bonds. The van der Waals surface area contributed by atoms with Gasteiger partial charge in [0.25, 0.3) is 0 Å². The van der Waals surface area contributed by atoms with E-state index in [1.54, 1.807) is 29.3 Å². The Morgan fingerprint density at radius 3 is 2.54 bits per heavy atom. The molecule has 6 rings (SSSR count). The Balaban J connectivity index is 1.44. The molecule has 2 bridgehead atoms. The van der Waals surface area contributed by atoms with Crippen molar-refractivity contribution in [3.05, 3.63) is 54.8 Å². The molecule has 2 unspecified atom stereocenters. The number of nitrogen functional groups attached to an aromatic ring is 1. The Hall–Kier alpha value is -4.21. The Labute approximate surface area is 202 Å². The van der Waals surface area contributed by atoms with E-state index in [2.05, 4.69) is 26.6 Å². The molecule has 4 aromatic rings. The SMILES string of the molecule is C=C(C)c1c(C2CC3CCC(C2)N3C(N)=O)nc2c(-c3ccc(-c4ncc[nH]4)nc3)cnn2c1N. The lowest BCUT2D eigenvalue weighted by Gasteiger charge is -2.38. The van der Waals surface area contributed by atoms with Gasteiger partial charge in [-0.15, -0.1) is 0 Å². The number of piperidine rings is 1. The van der Waals surface area contributed by atoms with Gasteiger partial charge in [0.1, 0.15) is 11.5 Å². The van der Waals surface area contributed by atoms with Gasteiger partial charge in [-0.25, -0.2) is 14.8 Å². The predicted molar refractivity (Wildman–Crippen MR) is 133 cm³/mol. The maximum atomic E-state index is 12.0. The van der Waals surface area contributed by atoms with Crippen LogP contribution < -0.4 is 11.5 Å². The number of carbonyl (C=O) groups excluding carboxylic acids is 1. The molecule has 5 N–H and O–H groups in total. The topological polar surface area (TPSA) is 144 Å². The fourth-order valence-electron chi connectivity index (χ4n) is 5.83. The number of aromatic amines is 1. The summed E-state index contributed by atoms with van der Waals surface area (Å²) < 4.78 is 1.68. The van der Waals surface area contributed by atoms with Gasteiger partial charge in [-0.3, -0.25) is 4.98 Å². The summed E-state index contributed by atoms with van der Waals surface area (Å²) in [6, 6.07) is 3.84. The van der Waals surface area contributed by atoms with Crippen LogP contribution in [-0.4, -0.2) is 52.6 Å². The average molecular weight is 470 g/mol. The number of H-pyrrole nitrogens is 1. The minimum atomic E-state index is -0.331. The quantitative estimate of drug-likeness (QED) is 0.417. The maximum Gasteiger partial charge on any atom is 0.315 e. The third kappa shape index (κ3) is 3.36. The second kappa shape index (κ2) is 7.93. The van der Waals surface area contributed by atoms with E-state index < -0.39 is 0 Å². The first-order valence-corrected chi connectivity index (χ1v) is 11.8. The molecule has 0 aliphatic carbocycles. The number of nitrogens with one attached hydrogen (secondary N) is 1. The summed E-state index contributed by atoms with van der Waals surface area (Å²) in [4.78, 5) is 30.9. The Morgan fingerprint density at radius 2 is 1.94 bits per heavy atom. The second-order valence-corrected chi connectivity index (χ2v) is 9.50. The zero-order valence-corrected chi connectivity index (χ0v) is 19.5. The number of nitrogens with zero attached hydrogens (tertiary/aromatic N) is 6. The first-order chi connectivity index (χ1) is 16.9. The summed E-state index contributed by atoms with van der Waals surface area (Å²) in [6.07, 6.45) is 10.6. The molecule has 2 aliphatic rings. The van der Waals surface area contributed by atoms with E-state index in [0.717, 1.165) is 59.3 Å². The van der Waals surface area contributed by atoms with E-state index in [9.17, 15) is 4.79 Å². The van der Waals surface area contributed by atoms with Crippen molar-refractivity contribution in [1.82, 2.24) is 34.4 Å². The molecule has 35 heavy (non-hydrogen) atoms. The molecule has 10 nitrogen and oxygen atoms in total. The highest BCUT2D eigenvalue weighted by molar-refractivity contribution is 5.82. The fraction of sp³-hybridized carbons (Fsp3) is 0.320. The number of carbonyl (C=O) groups is 1. The van der Waals surface area contributed by atoms with Gasteiger partial charge in [0.2, 0.25) is 0 Å². The summed E-state index contributed by atoms with van der Waals surface area (Å²) in [6.45, 7) is 6.12. The highest BCUT2D eigenvalue weighted by atomic mass is 16.2. The van der Waals surface area contributed by atoms with Gasteiger partial charge in [0.05, 0.1) is 11.9 Å². The number of nitrogens with two attached hydrogens (primary N) is 2. The van der Waals surface area contributed by atoms with Crippen LogP contribution in [0.4, 0.5) is 10.6 Å². The molecule has 0 spiro atoms. The summed E-state index contributed by atoms with van der Waals surface area (Å²) >= 11 is 0. The van der Waals surface area contributed by atoms with Crippen molar-refractivity contribution in [2.45, 2.75) is 50.6 Å². The van der Waals surface area contributed by atoms with Crippen LogP contribution in [0.15, 0.2) is 43.5 Å². The van der Waals surface area contributed by atoms with Gasteiger partial charge in [-0.05, 0) is 44.2 Å². The second-order valence-electron chi connectivity index (χ2n) is 9.50. The summed E-state index contributed by atoms with van der Waals surface area (Å²) in [7, 11) is 0. The number of amides is 2.